The zero-order valence-corrected chi connectivity index (χ0v) is 14.0. The van der Waals surface area contributed by atoms with E-state index in [0.29, 0.717) is 11.1 Å². The highest BCUT2D eigenvalue weighted by Crippen LogP contribution is 2.25. The first-order chi connectivity index (χ1) is 12.4. The number of hydrogen-bond acceptors (Lipinski definition) is 8. The summed E-state index contributed by atoms with van der Waals surface area (Å²) in [6.45, 7) is 0.618. The molecule has 0 spiro atoms. The number of ether oxygens (including phenoxy) is 1. The van der Waals surface area contributed by atoms with Gasteiger partial charge in [0.25, 0.3) is 0 Å². The molecule has 8 heteroatoms. The number of aliphatic hydroxyl groups excluding tert-OH is 4. The number of carbonyl (C=O) groups is 1. The lowest BCUT2D eigenvalue weighted by atomic mass is 10.1. The average molecular weight is 361 g/mol. The summed E-state index contributed by atoms with van der Waals surface area (Å²) in [4.78, 5) is 12.2. The summed E-state index contributed by atoms with van der Waals surface area (Å²) >= 11 is 0. The van der Waals surface area contributed by atoms with E-state index in [0.717, 1.165) is 0 Å². The van der Waals surface area contributed by atoms with Crippen molar-refractivity contribution < 1.29 is 34.4 Å². The minimum atomic E-state index is -1.68. The van der Waals surface area contributed by atoms with Crippen LogP contribution in [0.3, 0.4) is 0 Å². The van der Waals surface area contributed by atoms with Gasteiger partial charge in [0.1, 0.15) is 42.0 Å². The predicted molar refractivity (Wildman–Crippen MR) is 87.8 cm³/mol. The molecule has 0 radical (unpaired) electrons. The monoisotopic (exact) mass is 361 g/mol. The number of benzene rings is 1. The first-order valence-electron chi connectivity index (χ1n) is 7.79. The molecule has 26 heavy (non-hydrogen) atoms. The molecule has 0 aliphatic rings. The minimum Gasteiger partial charge on any atom is -0.463 e. The lowest BCUT2D eigenvalue weighted by molar-refractivity contribution is -0.0837. The summed E-state index contributed by atoms with van der Waals surface area (Å²) in [6.07, 6.45) is -4.87. The molecule has 1 aromatic carbocycles. The number of aryl methyl sites for hydroxylation is 1. The fraction of sp³-hybridized carbons (Fsp3) is 0.333. The molecule has 0 aliphatic carbocycles. The van der Waals surface area contributed by atoms with Gasteiger partial charge >= 0.3 is 5.97 Å². The second kappa shape index (κ2) is 8.60. The Morgan fingerprint density at radius 2 is 2.00 bits per heavy atom. The number of rotatable bonds is 7. The van der Waals surface area contributed by atoms with Crippen LogP contribution in [0.5, 0.6) is 0 Å². The maximum absolute atomic E-state index is 12.2. The summed E-state index contributed by atoms with van der Waals surface area (Å²) in [5, 5.41) is 46.9. The largest absolute Gasteiger partial charge is 0.463 e. The van der Waals surface area contributed by atoms with E-state index in [1.165, 1.54) is 13.0 Å². The molecule has 4 N–H and O–H groups in total. The lowest BCUT2D eigenvalue weighted by Gasteiger charge is -2.19. The molecular weight excluding hydrogens is 342 g/mol. The molecule has 2 aromatic rings. The molecule has 1 aromatic heterocycles. The number of furan rings is 1. The minimum absolute atomic E-state index is 0.0409. The van der Waals surface area contributed by atoms with Crippen molar-refractivity contribution in [2.75, 3.05) is 6.61 Å². The molecule has 0 saturated heterocycles. The molecule has 3 unspecified atom stereocenters. The summed E-state index contributed by atoms with van der Waals surface area (Å²) in [5.41, 5.74) is 0.979. The fourth-order valence-electron chi connectivity index (χ4n) is 2.32. The normalized spacial score (nSPS) is 14.3. The quantitative estimate of drug-likeness (QED) is 0.524. The van der Waals surface area contributed by atoms with E-state index in [-0.39, 0.29) is 23.7 Å². The van der Waals surface area contributed by atoms with Gasteiger partial charge in [-0.05, 0) is 19.1 Å². The van der Waals surface area contributed by atoms with Gasteiger partial charge in [0.05, 0.1) is 18.2 Å². The average Bonchev–Trinajstić information content (AvgIpc) is 3.06. The molecule has 3 atom stereocenters. The summed E-state index contributed by atoms with van der Waals surface area (Å²) in [6, 6.07) is 9.89. The lowest BCUT2D eigenvalue weighted by Crippen LogP contribution is -2.34. The van der Waals surface area contributed by atoms with Crippen LogP contribution in [-0.4, -0.2) is 45.2 Å². The summed E-state index contributed by atoms with van der Waals surface area (Å²) in [5.74, 6) is -0.718. The molecule has 0 fully saturated rings. The number of hydrogen-bond donors (Lipinski definition) is 4. The van der Waals surface area contributed by atoms with Crippen LogP contribution >= 0.6 is 0 Å². The van der Waals surface area contributed by atoms with Crippen LogP contribution in [0.15, 0.2) is 34.7 Å². The van der Waals surface area contributed by atoms with Gasteiger partial charge in [0, 0.05) is 5.56 Å². The third-order valence-electron chi connectivity index (χ3n) is 3.85. The molecule has 0 amide bonds. The fourth-order valence-corrected chi connectivity index (χ4v) is 2.32. The van der Waals surface area contributed by atoms with Gasteiger partial charge in [-0.25, -0.2) is 4.79 Å². The van der Waals surface area contributed by atoms with Gasteiger partial charge in [-0.1, -0.05) is 18.2 Å². The molecule has 1 heterocycles. The second-order valence-electron chi connectivity index (χ2n) is 5.65. The number of nitrogens with zero attached hydrogens (tertiary/aromatic N) is 1. The van der Waals surface area contributed by atoms with Crippen molar-refractivity contribution >= 4 is 5.97 Å². The van der Waals surface area contributed by atoms with Gasteiger partial charge in [-0.15, -0.1) is 0 Å². The van der Waals surface area contributed by atoms with Crippen LogP contribution in [0.2, 0.25) is 0 Å². The number of carbonyl (C=O) groups excluding carboxylic acids is 1. The first kappa shape index (κ1) is 19.6. The first-order valence-corrected chi connectivity index (χ1v) is 7.79. The van der Waals surface area contributed by atoms with Crippen molar-refractivity contribution in [2.24, 2.45) is 0 Å². The van der Waals surface area contributed by atoms with Crippen molar-refractivity contribution in [3.05, 3.63) is 58.5 Å². The third kappa shape index (κ3) is 4.28. The van der Waals surface area contributed by atoms with E-state index >= 15 is 0 Å². The Labute approximate surface area is 149 Å². The third-order valence-corrected chi connectivity index (χ3v) is 3.85. The zero-order valence-electron chi connectivity index (χ0n) is 14.0. The van der Waals surface area contributed by atoms with Crippen LogP contribution in [-0.2, 0) is 11.3 Å². The molecule has 0 saturated carbocycles. The van der Waals surface area contributed by atoms with Crippen molar-refractivity contribution in [3.63, 3.8) is 0 Å². The SMILES string of the molecule is Cc1oc(C(O)C(O)C(O)CO)cc1C(=O)OCc1ccccc1C#N. The van der Waals surface area contributed by atoms with Crippen LogP contribution in [0, 0.1) is 18.3 Å². The number of esters is 1. The van der Waals surface area contributed by atoms with Crippen LogP contribution in [0.1, 0.15) is 39.1 Å². The highest BCUT2D eigenvalue weighted by atomic mass is 16.5. The van der Waals surface area contributed by atoms with Crippen molar-refractivity contribution in [1.29, 1.82) is 5.26 Å². The van der Waals surface area contributed by atoms with Crippen molar-refractivity contribution in [2.45, 2.75) is 31.8 Å². The van der Waals surface area contributed by atoms with Gasteiger partial charge in [0.2, 0.25) is 0 Å². The van der Waals surface area contributed by atoms with E-state index in [4.69, 9.17) is 19.5 Å². The summed E-state index contributed by atoms with van der Waals surface area (Å²) < 4.78 is 10.4. The Morgan fingerprint density at radius 1 is 1.31 bits per heavy atom. The van der Waals surface area contributed by atoms with Crippen molar-refractivity contribution in [1.82, 2.24) is 0 Å². The van der Waals surface area contributed by atoms with Gasteiger partial charge in [0.15, 0.2) is 0 Å². The Morgan fingerprint density at radius 3 is 2.65 bits per heavy atom. The Bertz CT molecular complexity index is 808. The van der Waals surface area contributed by atoms with Crippen molar-refractivity contribution in [3.8, 4) is 6.07 Å². The van der Waals surface area contributed by atoms with Gasteiger partial charge in [-0.2, -0.15) is 5.26 Å². The highest BCUT2D eigenvalue weighted by Gasteiger charge is 2.30. The van der Waals surface area contributed by atoms with Gasteiger partial charge < -0.3 is 29.6 Å². The topological polar surface area (TPSA) is 144 Å². The van der Waals surface area contributed by atoms with Crippen LogP contribution in [0.4, 0.5) is 0 Å². The van der Waals surface area contributed by atoms with E-state index in [1.54, 1.807) is 24.3 Å². The Hall–Kier alpha value is -2.70. The van der Waals surface area contributed by atoms with E-state index < -0.39 is 30.9 Å². The maximum atomic E-state index is 12.2. The molecule has 0 bridgehead atoms. The standard InChI is InChI=1S/C18H19NO7/c1-10-13(6-15(26-10)17(23)16(22)14(21)8-20)18(24)25-9-12-5-3-2-4-11(12)7-19/h2-6,14,16-17,20-23H,8-9H2,1H3. The Balaban J connectivity index is 2.10. The maximum Gasteiger partial charge on any atom is 0.342 e. The number of nitriles is 1. The molecular formula is C18H19NO7. The van der Waals surface area contributed by atoms with Gasteiger partial charge in [-0.3, -0.25) is 0 Å². The molecule has 8 nitrogen and oxygen atoms in total. The molecule has 138 valence electrons. The zero-order chi connectivity index (χ0) is 19.3. The van der Waals surface area contributed by atoms with E-state index in [1.807, 2.05) is 6.07 Å². The second-order valence-corrected chi connectivity index (χ2v) is 5.65. The van der Waals surface area contributed by atoms with E-state index in [2.05, 4.69) is 0 Å². The summed E-state index contributed by atoms with van der Waals surface area (Å²) in [7, 11) is 0. The van der Waals surface area contributed by atoms with Crippen LogP contribution < -0.4 is 0 Å². The number of aliphatic hydroxyl groups is 4. The predicted octanol–water partition coefficient (Wildman–Crippen LogP) is 0.564. The Kier molecular flexibility index (Phi) is 6.49. The molecule has 2 rings (SSSR count). The van der Waals surface area contributed by atoms with E-state index in [9.17, 15) is 20.1 Å². The highest BCUT2D eigenvalue weighted by molar-refractivity contribution is 5.90. The molecule has 0 aliphatic heterocycles. The smallest absolute Gasteiger partial charge is 0.342 e. The van der Waals surface area contributed by atoms with Crippen LogP contribution in [0.25, 0.3) is 0 Å².